The van der Waals surface area contributed by atoms with Gasteiger partial charge in [0.25, 0.3) is 0 Å². The van der Waals surface area contributed by atoms with Crippen LogP contribution in [0.2, 0.25) is 0 Å². The van der Waals surface area contributed by atoms with Crippen LogP contribution in [0.25, 0.3) is 6.08 Å². The zero-order valence-electron chi connectivity index (χ0n) is 15.5. The number of amides is 1. The second-order valence-electron chi connectivity index (χ2n) is 6.55. The van der Waals surface area contributed by atoms with Gasteiger partial charge >= 0.3 is 0 Å². The molecule has 2 aromatic heterocycles. The third kappa shape index (κ3) is 4.40. The molecule has 0 radical (unpaired) electrons. The standard InChI is InChI=1S/C22H22N4O2/c27-22(11-9-20-7-4-16-28-20)24-18-8-10-21(23-17-18)26-14-12-25(13-15-26)19-5-2-1-3-6-19/h1-11,16-17H,12-15H2,(H,24,27)/b11-9+. The van der Waals surface area contributed by atoms with Crippen molar-refractivity contribution >= 4 is 29.2 Å². The van der Waals surface area contributed by atoms with E-state index < -0.39 is 0 Å². The highest BCUT2D eigenvalue weighted by atomic mass is 16.3. The van der Waals surface area contributed by atoms with E-state index in [1.54, 1.807) is 30.7 Å². The predicted octanol–water partition coefficient (Wildman–Crippen LogP) is 3.65. The number of para-hydroxylation sites is 1. The molecule has 0 aliphatic carbocycles. The van der Waals surface area contributed by atoms with Crippen molar-refractivity contribution in [1.82, 2.24) is 4.98 Å². The van der Waals surface area contributed by atoms with E-state index in [4.69, 9.17) is 4.42 Å². The van der Waals surface area contributed by atoms with Gasteiger partial charge in [-0.3, -0.25) is 4.79 Å². The summed E-state index contributed by atoms with van der Waals surface area (Å²) in [5.74, 6) is 1.34. The van der Waals surface area contributed by atoms with Crippen LogP contribution in [0.3, 0.4) is 0 Å². The Morgan fingerprint density at radius 1 is 0.964 bits per heavy atom. The Kier molecular flexibility index (Phi) is 5.38. The van der Waals surface area contributed by atoms with Gasteiger partial charge in [0, 0.05) is 37.9 Å². The molecule has 1 aromatic carbocycles. The normalized spacial score (nSPS) is 14.4. The second kappa shape index (κ2) is 8.43. The number of hydrogen-bond donors (Lipinski definition) is 1. The average Bonchev–Trinajstić information content (AvgIpc) is 3.27. The molecule has 0 saturated carbocycles. The average molecular weight is 374 g/mol. The molecule has 6 nitrogen and oxygen atoms in total. The summed E-state index contributed by atoms with van der Waals surface area (Å²) in [7, 11) is 0. The first-order valence-corrected chi connectivity index (χ1v) is 9.31. The Morgan fingerprint density at radius 2 is 1.75 bits per heavy atom. The number of nitrogens with zero attached hydrogens (tertiary/aromatic N) is 3. The molecule has 3 heterocycles. The first-order valence-electron chi connectivity index (χ1n) is 9.31. The van der Waals surface area contributed by atoms with Crippen LogP contribution in [0.4, 0.5) is 17.2 Å². The van der Waals surface area contributed by atoms with Gasteiger partial charge in [-0.15, -0.1) is 0 Å². The van der Waals surface area contributed by atoms with Crippen LogP contribution in [0.1, 0.15) is 5.76 Å². The molecule has 1 aliphatic rings. The molecule has 0 bridgehead atoms. The van der Waals surface area contributed by atoms with Crippen molar-refractivity contribution < 1.29 is 9.21 Å². The number of piperazine rings is 1. The molecule has 142 valence electrons. The quantitative estimate of drug-likeness (QED) is 0.691. The largest absolute Gasteiger partial charge is 0.465 e. The van der Waals surface area contributed by atoms with Crippen LogP contribution in [0, 0.1) is 0 Å². The molecule has 4 rings (SSSR count). The molecule has 28 heavy (non-hydrogen) atoms. The highest BCUT2D eigenvalue weighted by Gasteiger charge is 2.18. The van der Waals surface area contributed by atoms with Gasteiger partial charge in [0.1, 0.15) is 11.6 Å². The molecule has 3 aromatic rings. The summed E-state index contributed by atoms with van der Waals surface area (Å²) in [4.78, 5) is 21.1. The minimum atomic E-state index is -0.220. The number of hydrogen-bond acceptors (Lipinski definition) is 5. The van der Waals surface area contributed by atoms with Crippen molar-refractivity contribution in [3.05, 3.63) is 78.9 Å². The fourth-order valence-electron chi connectivity index (χ4n) is 3.21. The smallest absolute Gasteiger partial charge is 0.248 e. The van der Waals surface area contributed by atoms with Crippen molar-refractivity contribution in [2.75, 3.05) is 41.3 Å². The highest BCUT2D eigenvalue weighted by molar-refractivity contribution is 6.01. The van der Waals surface area contributed by atoms with Crippen molar-refractivity contribution in [3.63, 3.8) is 0 Å². The van der Waals surface area contributed by atoms with Crippen molar-refractivity contribution in [2.45, 2.75) is 0 Å². The topological polar surface area (TPSA) is 61.6 Å². The van der Waals surface area contributed by atoms with Gasteiger partial charge in [0.2, 0.25) is 5.91 Å². The maximum Gasteiger partial charge on any atom is 0.248 e. The van der Waals surface area contributed by atoms with Crippen molar-refractivity contribution in [2.24, 2.45) is 0 Å². The molecular weight excluding hydrogens is 352 g/mol. The molecule has 0 atom stereocenters. The first kappa shape index (κ1) is 17.9. The fourth-order valence-corrected chi connectivity index (χ4v) is 3.21. The van der Waals surface area contributed by atoms with E-state index in [-0.39, 0.29) is 5.91 Å². The monoisotopic (exact) mass is 374 g/mol. The molecule has 1 amide bonds. The van der Waals surface area contributed by atoms with E-state index in [1.165, 1.54) is 11.8 Å². The summed E-state index contributed by atoms with van der Waals surface area (Å²) >= 11 is 0. The van der Waals surface area contributed by atoms with Crippen LogP contribution < -0.4 is 15.1 Å². The van der Waals surface area contributed by atoms with E-state index >= 15 is 0 Å². The van der Waals surface area contributed by atoms with Gasteiger partial charge in [0.05, 0.1) is 18.1 Å². The Morgan fingerprint density at radius 3 is 2.43 bits per heavy atom. The van der Waals surface area contributed by atoms with E-state index in [9.17, 15) is 4.79 Å². The third-order valence-corrected chi connectivity index (χ3v) is 4.68. The maximum atomic E-state index is 12.0. The lowest BCUT2D eigenvalue weighted by Gasteiger charge is -2.36. The number of anilines is 3. The minimum absolute atomic E-state index is 0.220. The lowest BCUT2D eigenvalue weighted by atomic mass is 10.2. The molecule has 0 spiro atoms. The lowest BCUT2D eigenvalue weighted by Crippen LogP contribution is -2.46. The molecule has 1 aliphatic heterocycles. The van der Waals surface area contributed by atoms with Crippen LogP contribution in [-0.2, 0) is 4.79 Å². The number of furan rings is 1. The van der Waals surface area contributed by atoms with E-state index in [2.05, 4.69) is 44.4 Å². The summed E-state index contributed by atoms with van der Waals surface area (Å²) < 4.78 is 5.16. The third-order valence-electron chi connectivity index (χ3n) is 4.68. The van der Waals surface area contributed by atoms with Gasteiger partial charge < -0.3 is 19.5 Å². The summed E-state index contributed by atoms with van der Waals surface area (Å²) in [5, 5.41) is 2.81. The minimum Gasteiger partial charge on any atom is -0.465 e. The second-order valence-corrected chi connectivity index (χ2v) is 6.55. The summed E-state index contributed by atoms with van der Waals surface area (Å²) in [6, 6.07) is 17.9. The highest BCUT2D eigenvalue weighted by Crippen LogP contribution is 2.20. The molecule has 0 unspecified atom stereocenters. The molecule has 1 saturated heterocycles. The summed E-state index contributed by atoms with van der Waals surface area (Å²) in [5.41, 5.74) is 1.93. The number of rotatable bonds is 5. The number of nitrogens with one attached hydrogen (secondary N) is 1. The van der Waals surface area contributed by atoms with Crippen LogP contribution in [-0.4, -0.2) is 37.1 Å². The number of pyridine rings is 1. The van der Waals surface area contributed by atoms with Crippen LogP contribution in [0.5, 0.6) is 0 Å². The van der Waals surface area contributed by atoms with E-state index in [0.717, 1.165) is 32.0 Å². The van der Waals surface area contributed by atoms with Gasteiger partial charge in [0.15, 0.2) is 0 Å². The fraction of sp³-hybridized carbons (Fsp3) is 0.182. The van der Waals surface area contributed by atoms with Gasteiger partial charge in [-0.2, -0.15) is 0 Å². The molecule has 1 fully saturated rings. The van der Waals surface area contributed by atoms with E-state index in [1.807, 2.05) is 18.2 Å². The van der Waals surface area contributed by atoms with Crippen molar-refractivity contribution in [3.8, 4) is 0 Å². The number of carbonyl (C=O) groups excluding carboxylic acids is 1. The summed E-state index contributed by atoms with van der Waals surface area (Å²) in [6.07, 6.45) is 6.33. The number of benzene rings is 1. The zero-order chi connectivity index (χ0) is 19.2. The maximum absolute atomic E-state index is 12.0. The summed E-state index contributed by atoms with van der Waals surface area (Å²) in [6.45, 7) is 3.75. The Balaban J connectivity index is 1.30. The number of carbonyl (C=O) groups is 1. The first-order chi connectivity index (χ1) is 13.8. The lowest BCUT2D eigenvalue weighted by molar-refractivity contribution is -0.111. The Bertz CT molecular complexity index is 913. The zero-order valence-corrected chi connectivity index (χ0v) is 15.5. The Hall–Kier alpha value is -3.54. The van der Waals surface area contributed by atoms with Crippen LogP contribution >= 0.6 is 0 Å². The van der Waals surface area contributed by atoms with Gasteiger partial charge in [-0.1, -0.05) is 18.2 Å². The Labute approximate surface area is 164 Å². The number of aromatic nitrogens is 1. The SMILES string of the molecule is O=C(/C=C/c1ccco1)Nc1ccc(N2CCN(c3ccccc3)CC2)nc1. The molecular formula is C22H22N4O2. The van der Waals surface area contributed by atoms with E-state index in [0.29, 0.717) is 11.4 Å². The van der Waals surface area contributed by atoms with Crippen LogP contribution in [0.15, 0.2) is 77.6 Å². The predicted molar refractivity (Wildman–Crippen MR) is 111 cm³/mol. The van der Waals surface area contributed by atoms with Crippen molar-refractivity contribution in [1.29, 1.82) is 0 Å². The molecule has 6 heteroatoms. The molecule has 1 N–H and O–H groups in total. The van der Waals surface area contributed by atoms with Gasteiger partial charge in [-0.25, -0.2) is 4.98 Å². The van der Waals surface area contributed by atoms with Gasteiger partial charge in [-0.05, 0) is 42.5 Å².